The van der Waals surface area contributed by atoms with Crippen LogP contribution in [0.4, 0.5) is 4.39 Å². The van der Waals surface area contributed by atoms with Crippen molar-refractivity contribution in [2.75, 3.05) is 6.26 Å². The Balaban J connectivity index is 2.96. The molecule has 0 saturated heterocycles. The van der Waals surface area contributed by atoms with Gasteiger partial charge in [0.2, 0.25) is 0 Å². The molecule has 88 valence electrons. The van der Waals surface area contributed by atoms with Crippen LogP contribution in [-0.2, 0) is 21.1 Å². The lowest BCUT2D eigenvalue weighted by atomic mass is 10.1. The molecule has 0 bridgehead atoms. The maximum absolute atomic E-state index is 13.3. The zero-order chi connectivity index (χ0) is 12.3. The minimum atomic E-state index is -3.57. The fourth-order valence-electron chi connectivity index (χ4n) is 1.25. The van der Waals surface area contributed by atoms with Gasteiger partial charge in [-0.1, -0.05) is 6.07 Å². The molecule has 0 aliphatic rings. The second-order valence-electron chi connectivity index (χ2n) is 3.43. The van der Waals surface area contributed by atoms with Crippen LogP contribution in [-0.4, -0.2) is 25.7 Å². The molecule has 6 heteroatoms. The minimum Gasteiger partial charge on any atom is -0.481 e. The van der Waals surface area contributed by atoms with Crippen LogP contribution in [0.15, 0.2) is 23.1 Å². The zero-order valence-corrected chi connectivity index (χ0v) is 9.42. The predicted molar refractivity (Wildman–Crippen MR) is 55.5 cm³/mol. The topological polar surface area (TPSA) is 71.4 Å². The summed E-state index contributed by atoms with van der Waals surface area (Å²) in [7, 11) is -3.57. The van der Waals surface area contributed by atoms with E-state index in [1.807, 2.05) is 0 Å². The maximum Gasteiger partial charge on any atom is 0.303 e. The highest BCUT2D eigenvalue weighted by molar-refractivity contribution is 7.90. The van der Waals surface area contributed by atoms with Crippen molar-refractivity contribution in [2.24, 2.45) is 0 Å². The Hall–Kier alpha value is -1.43. The molecule has 0 unspecified atom stereocenters. The van der Waals surface area contributed by atoms with Gasteiger partial charge in [0.25, 0.3) is 0 Å². The number of rotatable bonds is 4. The third-order valence-corrected chi connectivity index (χ3v) is 3.15. The first kappa shape index (κ1) is 12.6. The van der Waals surface area contributed by atoms with Gasteiger partial charge in [0.1, 0.15) is 10.7 Å². The Morgan fingerprint density at radius 3 is 2.50 bits per heavy atom. The van der Waals surface area contributed by atoms with Crippen molar-refractivity contribution in [3.63, 3.8) is 0 Å². The quantitative estimate of drug-likeness (QED) is 0.867. The van der Waals surface area contributed by atoms with E-state index in [0.717, 1.165) is 18.4 Å². The lowest BCUT2D eigenvalue weighted by Gasteiger charge is -2.03. The van der Waals surface area contributed by atoms with Crippen molar-refractivity contribution in [1.82, 2.24) is 0 Å². The summed E-state index contributed by atoms with van der Waals surface area (Å²) in [5.74, 6) is -1.82. The van der Waals surface area contributed by atoms with E-state index in [-0.39, 0.29) is 17.7 Å². The monoisotopic (exact) mass is 246 g/mol. The first-order valence-corrected chi connectivity index (χ1v) is 6.40. The third-order valence-electron chi connectivity index (χ3n) is 2.02. The number of aryl methyl sites for hydroxylation is 1. The fourth-order valence-corrected chi connectivity index (χ4v) is 1.98. The van der Waals surface area contributed by atoms with Crippen molar-refractivity contribution >= 4 is 15.8 Å². The SMILES string of the molecule is CS(=O)(=O)c1ccc(CCC(=O)O)cc1F. The number of carbonyl (C=O) groups is 1. The summed E-state index contributed by atoms with van der Waals surface area (Å²) >= 11 is 0. The van der Waals surface area contributed by atoms with Gasteiger partial charge in [-0.2, -0.15) is 0 Å². The molecule has 1 aromatic rings. The van der Waals surface area contributed by atoms with Gasteiger partial charge in [-0.05, 0) is 24.1 Å². The molecule has 1 aromatic carbocycles. The molecule has 0 atom stereocenters. The first-order valence-electron chi connectivity index (χ1n) is 4.51. The highest BCUT2D eigenvalue weighted by Gasteiger charge is 2.13. The summed E-state index contributed by atoms with van der Waals surface area (Å²) in [4.78, 5) is 9.93. The van der Waals surface area contributed by atoms with E-state index >= 15 is 0 Å². The third kappa shape index (κ3) is 3.30. The number of halogens is 1. The van der Waals surface area contributed by atoms with E-state index in [1.165, 1.54) is 6.07 Å². The number of benzene rings is 1. The van der Waals surface area contributed by atoms with Gasteiger partial charge in [-0.15, -0.1) is 0 Å². The molecule has 4 nitrogen and oxygen atoms in total. The normalized spacial score (nSPS) is 11.4. The Labute approximate surface area is 92.6 Å². The molecule has 0 heterocycles. The average Bonchev–Trinajstić information content (AvgIpc) is 2.12. The van der Waals surface area contributed by atoms with Gasteiger partial charge >= 0.3 is 5.97 Å². The number of hydrogen-bond donors (Lipinski definition) is 1. The van der Waals surface area contributed by atoms with Crippen LogP contribution in [0, 0.1) is 5.82 Å². The van der Waals surface area contributed by atoms with Crippen molar-refractivity contribution in [3.05, 3.63) is 29.6 Å². The maximum atomic E-state index is 13.3. The van der Waals surface area contributed by atoms with Gasteiger partial charge in [-0.25, -0.2) is 12.8 Å². The largest absolute Gasteiger partial charge is 0.481 e. The van der Waals surface area contributed by atoms with E-state index in [2.05, 4.69) is 0 Å². The molecule has 0 amide bonds. The van der Waals surface area contributed by atoms with Crippen molar-refractivity contribution in [3.8, 4) is 0 Å². The molecule has 1 rings (SSSR count). The summed E-state index contributed by atoms with van der Waals surface area (Å²) < 4.78 is 35.5. The van der Waals surface area contributed by atoms with Gasteiger partial charge in [-0.3, -0.25) is 4.79 Å². The number of sulfone groups is 1. The summed E-state index contributed by atoms with van der Waals surface area (Å²) in [6.07, 6.45) is 0.982. The van der Waals surface area contributed by atoms with Gasteiger partial charge in [0, 0.05) is 12.7 Å². The second-order valence-corrected chi connectivity index (χ2v) is 5.41. The van der Waals surface area contributed by atoms with E-state index in [0.29, 0.717) is 5.56 Å². The lowest BCUT2D eigenvalue weighted by molar-refractivity contribution is -0.136. The molecular weight excluding hydrogens is 235 g/mol. The molecule has 0 aliphatic heterocycles. The van der Waals surface area contributed by atoms with Crippen LogP contribution in [0.1, 0.15) is 12.0 Å². The second kappa shape index (κ2) is 4.61. The standard InChI is InChI=1S/C10H11FO4S/c1-16(14,15)9-4-2-7(6-8(9)11)3-5-10(12)13/h2,4,6H,3,5H2,1H3,(H,12,13). The summed E-state index contributed by atoms with van der Waals surface area (Å²) in [6.45, 7) is 0. The number of hydrogen-bond acceptors (Lipinski definition) is 3. The van der Waals surface area contributed by atoms with E-state index in [1.54, 1.807) is 0 Å². The minimum absolute atomic E-state index is 0.113. The summed E-state index contributed by atoms with van der Waals surface area (Å²) in [5, 5.41) is 8.44. The summed E-state index contributed by atoms with van der Waals surface area (Å²) in [6, 6.07) is 3.63. The predicted octanol–water partition coefficient (Wildman–Crippen LogP) is 1.25. The number of carboxylic acids is 1. The van der Waals surface area contributed by atoms with Crippen LogP contribution in [0.25, 0.3) is 0 Å². The molecule has 0 saturated carbocycles. The molecule has 0 fully saturated rings. The van der Waals surface area contributed by atoms with Gasteiger partial charge in [0.15, 0.2) is 9.84 Å². The van der Waals surface area contributed by atoms with Crippen LogP contribution in [0.5, 0.6) is 0 Å². The highest BCUT2D eigenvalue weighted by atomic mass is 32.2. The molecule has 0 aliphatic carbocycles. The number of aliphatic carboxylic acids is 1. The zero-order valence-electron chi connectivity index (χ0n) is 8.60. The fraction of sp³-hybridized carbons (Fsp3) is 0.300. The molecule has 1 N–H and O–H groups in total. The van der Waals surface area contributed by atoms with Gasteiger partial charge < -0.3 is 5.11 Å². The first-order chi connectivity index (χ1) is 7.30. The molecule has 16 heavy (non-hydrogen) atoms. The Kier molecular flexibility index (Phi) is 3.64. The molecule has 0 spiro atoms. The van der Waals surface area contributed by atoms with Crippen LogP contribution >= 0.6 is 0 Å². The Bertz CT molecular complexity index is 508. The Morgan fingerprint density at radius 2 is 2.06 bits per heavy atom. The van der Waals surface area contributed by atoms with E-state index in [9.17, 15) is 17.6 Å². The number of carboxylic acid groups (broad SMARTS) is 1. The van der Waals surface area contributed by atoms with Crippen molar-refractivity contribution in [2.45, 2.75) is 17.7 Å². The van der Waals surface area contributed by atoms with Crippen molar-refractivity contribution in [1.29, 1.82) is 0 Å². The molecule has 0 aromatic heterocycles. The van der Waals surface area contributed by atoms with Crippen LogP contribution in [0.3, 0.4) is 0 Å². The van der Waals surface area contributed by atoms with Gasteiger partial charge in [0.05, 0.1) is 0 Å². The lowest BCUT2D eigenvalue weighted by Crippen LogP contribution is -2.03. The summed E-state index contributed by atoms with van der Waals surface area (Å²) in [5.41, 5.74) is 0.465. The van der Waals surface area contributed by atoms with E-state index in [4.69, 9.17) is 5.11 Å². The van der Waals surface area contributed by atoms with E-state index < -0.39 is 21.6 Å². The Morgan fingerprint density at radius 1 is 1.44 bits per heavy atom. The van der Waals surface area contributed by atoms with Crippen LogP contribution < -0.4 is 0 Å². The average molecular weight is 246 g/mol. The highest BCUT2D eigenvalue weighted by Crippen LogP contribution is 2.16. The molecular formula is C10H11FO4S. The smallest absolute Gasteiger partial charge is 0.303 e. The molecule has 0 radical (unpaired) electrons. The van der Waals surface area contributed by atoms with Crippen molar-refractivity contribution < 1.29 is 22.7 Å². The van der Waals surface area contributed by atoms with Crippen LogP contribution in [0.2, 0.25) is 0 Å².